The Kier molecular flexibility index (Phi) is 4.77. The summed E-state index contributed by atoms with van der Waals surface area (Å²) in [6, 6.07) is 7.64. The second-order valence-electron chi connectivity index (χ2n) is 4.80. The third-order valence-corrected chi connectivity index (χ3v) is 3.41. The van der Waals surface area contributed by atoms with Gasteiger partial charge in [-0.05, 0) is 42.7 Å². The normalized spacial score (nSPS) is 12.0. The number of rotatable bonds is 4. The zero-order valence-electron chi connectivity index (χ0n) is 11.5. The lowest BCUT2D eigenvalue weighted by Gasteiger charge is -2.13. The molecule has 1 atom stereocenters. The summed E-state index contributed by atoms with van der Waals surface area (Å²) in [5.41, 5.74) is 8.10. The highest BCUT2D eigenvalue weighted by Gasteiger charge is 2.14. The van der Waals surface area contributed by atoms with Crippen molar-refractivity contribution in [1.82, 2.24) is 4.98 Å². The average molecular weight is 306 g/mol. The fourth-order valence-electron chi connectivity index (χ4n) is 1.84. The van der Waals surface area contributed by atoms with Crippen LogP contribution < -0.4 is 11.1 Å². The number of aromatic hydroxyl groups is 1. The van der Waals surface area contributed by atoms with E-state index < -0.39 is 6.04 Å². The van der Waals surface area contributed by atoms with Crippen molar-refractivity contribution in [3.8, 4) is 5.75 Å². The summed E-state index contributed by atoms with van der Waals surface area (Å²) in [6.45, 7) is 1.81. The van der Waals surface area contributed by atoms with Gasteiger partial charge in [0.2, 0.25) is 5.91 Å². The van der Waals surface area contributed by atoms with E-state index in [0.717, 1.165) is 11.1 Å². The lowest BCUT2D eigenvalue weighted by Crippen LogP contribution is -2.37. The SMILES string of the molecule is Cc1cc(NC(=O)[C@@H](N)Cc2ccc(O)cc2)cnc1Cl. The van der Waals surface area contributed by atoms with Crippen LogP contribution in [0.2, 0.25) is 5.15 Å². The van der Waals surface area contributed by atoms with Gasteiger partial charge >= 0.3 is 0 Å². The van der Waals surface area contributed by atoms with E-state index in [1.807, 2.05) is 0 Å². The molecule has 2 rings (SSSR count). The molecule has 0 aliphatic carbocycles. The molecule has 0 unspecified atom stereocenters. The molecule has 1 heterocycles. The quantitative estimate of drug-likeness (QED) is 0.756. The maximum Gasteiger partial charge on any atom is 0.241 e. The van der Waals surface area contributed by atoms with E-state index >= 15 is 0 Å². The molecule has 2 aromatic rings. The predicted molar refractivity (Wildman–Crippen MR) is 82.4 cm³/mol. The molecule has 5 nitrogen and oxygen atoms in total. The number of nitrogens with zero attached hydrogens (tertiary/aromatic N) is 1. The third kappa shape index (κ3) is 4.18. The first-order valence-corrected chi connectivity index (χ1v) is 6.80. The standard InChI is InChI=1S/C15H16ClN3O2/c1-9-6-11(8-18-14(9)16)19-15(21)13(17)7-10-2-4-12(20)5-3-10/h2-6,8,13,20H,7,17H2,1H3,(H,19,21)/t13-/m0/s1. The molecule has 0 spiro atoms. The molecule has 4 N–H and O–H groups in total. The van der Waals surface area contributed by atoms with Crippen molar-refractivity contribution >= 4 is 23.2 Å². The molecule has 0 fully saturated rings. The highest BCUT2D eigenvalue weighted by atomic mass is 35.5. The second kappa shape index (κ2) is 6.56. The van der Waals surface area contributed by atoms with Gasteiger partial charge in [-0.1, -0.05) is 23.7 Å². The summed E-state index contributed by atoms with van der Waals surface area (Å²) in [7, 11) is 0. The van der Waals surface area contributed by atoms with E-state index in [1.54, 1.807) is 37.3 Å². The van der Waals surface area contributed by atoms with Gasteiger partial charge in [-0.3, -0.25) is 4.79 Å². The van der Waals surface area contributed by atoms with Crippen molar-refractivity contribution in [2.24, 2.45) is 5.73 Å². The second-order valence-corrected chi connectivity index (χ2v) is 5.16. The number of carbonyl (C=O) groups is 1. The van der Waals surface area contributed by atoms with Crippen molar-refractivity contribution in [3.63, 3.8) is 0 Å². The van der Waals surface area contributed by atoms with Crippen LogP contribution in [-0.4, -0.2) is 22.0 Å². The van der Waals surface area contributed by atoms with Gasteiger partial charge in [0.05, 0.1) is 17.9 Å². The number of benzene rings is 1. The van der Waals surface area contributed by atoms with E-state index in [4.69, 9.17) is 17.3 Å². The molecule has 0 bridgehead atoms. The van der Waals surface area contributed by atoms with E-state index in [0.29, 0.717) is 17.3 Å². The molecular weight excluding hydrogens is 290 g/mol. The van der Waals surface area contributed by atoms with Crippen LogP contribution in [0.3, 0.4) is 0 Å². The predicted octanol–water partition coefficient (Wildman–Crippen LogP) is 2.26. The van der Waals surface area contributed by atoms with Crippen LogP contribution in [0.1, 0.15) is 11.1 Å². The fourth-order valence-corrected chi connectivity index (χ4v) is 1.94. The number of hydrogen-bond donors (Lipinski definition) is 3. The van der Waals surface area contributed by atoms with Gasteiger partial charge in [0.1, 0.15) is 10.9 Å². The molecule has 0 saturated heterocycles. The molecule has 21 heavy (non-hydrogen) atoms. The van der Waals surface area contributed by atoms with Crippen molar-refractivity contribution < 1.29 is 9.90 Å². The van der Waals surface area contributed by atoms with Crippen LogP contribution in [0.5, 0.6) is 5.75 Å². The van der Waals surface area contributed by atoms with Gasteiger partial charge in [0.15, 0.2) is 0 Å². The number of phenols is 1. The molecule has 0 aliphatic rings. The molecule has 1 aromatic heterocycles. The summed E-state index contributed by atoms with van der Waals surface area (Å²) >= 11 is 5.83. The highest BCUT2D eigenvalue weighted by Crippen LogP contribution is 2.16. The summed E-state index contributed by atoms with van der Waals surface area (Å²) < 4.78 is 0. The van der Waals surface area contributed by atoms with Gasteiger partial charge in [-0.2, -0.15) is 0 Å². The summed E-state index contributed by atoms with van der Waals surface area (Å²) in [5.74, 6) is -0.119. The molecule has 1 amide bonds. The molecular formula is C15H16ClN3O2. The summed E-state index contributed by atoms with van der Waals surface area (Å²) in [5, 5.41) is 12.3. The van der Waals surface area contributed by atoms with Gasteiger partial charge in [0.25, 0.3) is 0 Å². The number of aryl methyl sites for hydroxylation is 1. The first-order valence-electron chi connectivity index (χ1n) is 6.42. The minimum Gasteiger partial charge on any atom is -0.508 e. The van der Waals surface area contributed by atoms with Gasteiger partial charge in [-0.15, -0.1) is 0 Å². The number of pyridine rings is 1. The van der Waals surface area contributed by atoms with Crippen LogP contribution in [0, 0.1) is 6.92 Å². The number of nitrogens with two attached hydrogens (primary N) is 1. The Hall–Kier alpha value is -2.11. The monoisotopic (exact) mass is 305 g/mol. The van der Waals surface area contributed by atoms with Gasteiger partial charge < -0.3 is 16.2 Å². The number of phenolic OH excluding ortho intramolecular Hbond substituents is 1. The lowest BCUT2D eigenvalue weighted by molar-refractivity contribution is -0.117. The maximum absolute atomic E-state index is 12.0. The number of aromatic nitrogens is 1. The Morgan fingerprint density at radius 1 is 1.43 bits per heavy atom. The Bertz CT molecular complexity index is 644. The number of halogens is 1. The zero-order valence-corrected chi connectivity index (χ0v) is 12.3. The molecule has 0 aliphatic heterocycles. The van der Waals surface area contributed by atoms with Crippen LogP contribution in [0.25, 0.3) is 0 Å². The first-order chi connectivity index (χ1) is 9.95. The van der Waals surface area contributed by atoms with Crippen molar-refractivity contribution in [2.45, 2.75) is 19.4 Å². The average Bonchev–Trinajstić information content (AvgIpc) is 2.45. The lowest BCUT2D eigenvalue weighted by atomic mass is 10.1. The molecule has 0 saturated carbocycles. The highest BCUT2D eigenvalue weighted by molar-refractivity contribution is 6.30. The van der Waals surface area contributed by atoms with Crippen molar-refractivity contribution in [1.29, 1.82) is 0 Å². The Morgan fingerprint density at radius 3 is 2.71 bits per heavy atom. The number of nitrogens with one attached hydrogen (secondary N) is 1. The van der Waals surface area contributed by atoms with E-state index in [-0.39, 0.29) is 11.7 Å². The Labute approximate surface area is 127 Å². The Morgan fingerprint density at radius 2 is 2.10 bits per heavy atom. The van der Waals surface area contributed by atoms with E-state index in [1.165, 1.54) is 6.20 Å². The zero-order chi connectivity index (χ0) is 15.4. The van der Waals surface area contributed by atoms with Crippen LogP contribution in [0.4, 0.5) is 5.69 Å². The van der Waals surface area contributed by atoms with Gasteiger partial charge in [0, 0.05) is 0 Å². The van der Waals surface area contributed by atoms with Crippen LogP contribution >= 0.6 is 11.6 Å². The van der Waals surface area contributed by atoms with E-state index in [2.05, 4.69) is 10.3 Å². The topological polar surface area (TPSA) is 88.2 Å². The maximum atomic E-state index is 12.0. The van der Waals surface area contributed by atoms with Gasteiger partial charge in [-0.25, -0.2) is 4.98 Å². The molecule has 110 valence electrons. The first kappa shape index (κ1) is 15.3. The van der Waals surface area contributed by atoms with Crippen LogP contribution in [-0.2, 0) is 11.2 Å². The Balaban J connectivity index is 1.98. The molecule has 1 aromatic carbocycles. The largest absolute Gasteiger partial charge is 0.508 e. The number of amides is 1. The van der Waals surface area contributed by atoms with Crippen molar-refractivity contribution in [3.05, 3.63) is 52.8 Å². The number of hydrogen-bond acceptors (Lipinski definition) is 4. The van der Waals surface area contributed by atoms with Crippen molar-refractivity contribution in [2.75, 3.05) is 5.32 Å². The molecule has 0 radical (unpaired) electrons. The smallest absolute Gasteiger partial charge is 0.241 e. The summed E-state index contributed by atoms with van der Waals surface area (Å²) in [4.78, 5) is 16.0. The minimum atomic E-state index is -0.689. The van der Waals surface area contributed by atoms with E-state index in [9.17, 15) is 9.90 Å². The number of anilines is 1. The fraction of sp³-hybridized carbons (Fsp3) is 0.200. The van der Waals surface area contributed by atoms with Crippen LogP contribution in [0.15, 0.2) is 36.5 Å². The molecule has 6 heteroatoms. The minimum absolute atomic E-state index is 0.180. The number of carbonyl (C=O) groups excluding carboxylic acids is 1. The summed E-state index contributed by atoms with van der Waals surface area (Å²) in [6.07, 6.45) is 1.87. The third-order valence-electron chi connectivity index (χ3n) is 3.01.